The maximum absolute atomic E-state index is 11.5. The topological polar surface area (TPSA) is 30.2 Å². The van der Waals surface area contributed by atoms with E-state index in [1.807, 2.05) is 24.3 Å². The Hall–Kier alpha value is -1.22. The molecule has 14 heavy (non-hydrogen) atoms. The molecule has 0 saturated heterocycles. The van der Waals surface area contributed by atoms with Crippen LogP contribution in [0, 0.1) is 0 Å². The van der Waals surface area contributed by atoms with Crippen molar-refractivity contribution < 1.29 is 4.42 Å². The van der Waals surface area contributed by atoms with Gasteiger partial charge in [-0.3, -0.25) is 0 Å². The molecular formula is C11H8O2S. The number of thioether (sulfide) groups is 1. The first-order valence-corrected chi connectivity index (χ1v) is 5.52. The van der Waals surface area contributed by atoms with Crippen LogP contribution in [0.3, 0.4) is 0 Å². The fraction of sp³-hybridized carbons (Fsp3) is 0.182. The Labute approximate surface area is 84.9 Å². The van der Waals surface area contributed by atoms with E-state index in [9.17, 15) is 4.79 Å². The summed E-state index contributed by atoms with van der Waals surface area (Å²) in [7, 11) is 0. The first-order valence-electron chi connectivity index (χ1n) is 4.54. The van der Waals surface area contributed by atoms with Gasteiger partial charge in [0.05, 0.1) is 4.90 Å². The van der Waals surface area contributed by atoms with Crippen molar-refractivity contribution in [1.29, 1.82) is 0 Å². The van der Waals surface area contributed by atoms with Gasteiger partial charge in [0.15, 0.2) is 0 Å². The predicted octanol–water partition coefficient (Wildman–Crippen LogP) is 2.44. The number of hydrogen-bond donors (Lipinski definition) is 0. The normalized spacial score (nSPS) is 14.6. The molecular weight excluding hydrogens is 196 g/mol. The van der Waals surface area contributed by atoms with E-state index in [-0.39, 0.29) is 5.63 Å². The van der Waals surface area contributed by atoms with Gasteiger partial charge in [-0.1, -0.05) is 18.2 Å². The summed E-state index contributed by atoms with van der Waals surface area (Å²) >= 11 is 1.60. The lowest BCUT2D eigenvalue weighted by atomic mass is 10.1. The average Bonchev–Trinajstić information content (AvgIpc) is 2.67. The van der Waals surface area contributed by atoms with Crippen LogP contribution in [-0.2, 0) is 6.42 Å². The maximum atomic E-state index is 11.5. The molecule has 0 saturated carbocycles. The summed E-state index contributed by atoms with van der Waals surface area (Å²) in [4.78, 5) is 12.3. The lowest BCUT2D eigenvalue weighted by Gasteiger charge is -2.01. The highest BCUT2D eigenvalue weighted by molar-refractivity contribution is 7.99. The fourth-order valence-electron chi connectivity index (χ4n) is 1.85. The van der Waals surface area contributed by atoms with E-state index in [4.69, 9.17) is 4.42 Å². The van der Waals surface area contributed by atoms with Gasteiger partial charge in [-0.05, 0) is 18.1 Å². The third-order valence-corrected chi connectivity index (χ3v) is 3.58. The molecule has 0 aliphatic carbocycles. The summed E-state index contributed by atoms with van der Waals surface area (Å²) in [6, 6.07) is 7.73. The van der Waals surface area contributed by atoms with E-state index >= 15 is 0 Å². The molecule has 3 rings (SSSR count). The van der Waals surface area contributed by atoms with Crippen LogP contribution in [0.5, 0.6) is 0 Å². The number of hydrogen-bond acceptors (Lipinski definition) is 3. The zero-order valence-corrected chi connectivity index (χ0v) is 8.26. The molecule has 70 valence electrons. The molecule has 3 heteroatoms. The lowest BCUT2D eigenvalue weighted by molar-refractivity contribution is 0.542. The van der Waals surface area contributed by atoms with Gasteiger partial charge in [-0.2, -0.15) is 0 Å². The van der Waals surface area contributed by atoms with Gasteiger partial charge in [0.2, 0.25) is 0 Å². The van der Waals surface area contributed by atoms with E-state index in [2.05, 4.69) is 0 Å². The molecule has 0 amide bonds. The predicted molar refractivity (Wildman–Crippen MR) is 56.9 cm³/mol. The Morgan fingerprint density at radius 1 is 1.29 bits per heavy atom. The van der Waals surface area contributed by atoms with Gasteiger partial charge in [0.25, 0.3) is 0 Å². The molecule has 1 aromatic heterocycles. The Balaban J connectivity index is 2.52. The van der Waals surface area contributed by atoms with Gasteiger partial charge in [-0.25, -0.2) is 4.79 Å². The van der Waals surface area contributed by atoms with Crippen LogP contribution in [0.15, 0.2) is 38.4 Å². The van der Waals surface area contributed by atoms with Crippen molar-refractivity contribution in [2.24, 2.45) is 0 Å². The monoisotopic (exact) mass is 204 g/mol. The largest absolute Gasteiger partial charge is 0.422 e. The quantitative estimate of drug-likeness (QED) is 0.617. The lowest BCUT2D eigenvalue weighted by Crippen LogP contribution is -2.02. The van der Waals surface area contributed by atoms with Crippen molar-refractivity contribution in [2.75, 3.05) is 5.75 Å². The molecule has 2 nitrogen and oxygen atoms in total. The van der Waals surface area contributed by atoms with Crippen molar-refractivity contribution in [2.45, 2.75) is 11.3 Å². The molecule has 2 heterocycles. The standard InChI is InChI=1S/C11H8O2S/c12-11-10-8(5-6-14-10)7-3-1-2-4-9(7)13-11/h1-4H,5-6H2. The third-order valence-electron chi connectivity index (χ3n) is 2.47. The van der Waals surface area contributed by atoms with E-state index in [0.29, 0.717) is 5.58 Å². The Kier molecular flexibility index (Phi) is 1.67. The minimum atomic E-state index is -0.179. The number of benzene rings is 1. The molecule has 0 fully saturated rings. The molecule has 1 aliphatic heterocycles. The van der Waals surface area contributed by atoms with Gasteiger partial charge < -0.3 is 4.42 Å². The minimum Gasteiger partial charge on any atom is -0.422 e. The minimum absolute atomic E-state index is 0.179. The van der Waals surface area contributed by atoms with Crippen molar-refractivity contribution >= 4 is 22.7 Å². The summed E-state index contributed by atoms with van der Waals surface area (Å²) < 4.78 is 5.23. The molecule has 0 N–H and O–H groups in total. The second-order valence-electron chi connectivity index (χ2n) is 3.29. The molecule has 2 aromatic rings. The zero-order chi connectivity index (χ0) is 9.54. The van der Waals surface area contributed by atoms with Crippen LogP contribution in [-0.4, -0.2) is 5.75 Å². The van der Waals surface area contributed by atoms with E-state index in [1.165, 1.54) is 5.56 Å². The van der Waals surface area contributed by atoms with Crippen molar-refractivity contribution in [3.05, 3.63) is 40.2 Å². The van der Waals surface area contributed by atoms with Gasteiger partial charge in [0, 0.05) is 11.1 Å². The van der Waals surface area contributed by atoms with Crippen molar-refractivity contribution in [1.82, 2.24) is 0 Å². The number of para-hydroxylation sites is 1. The number of fused-ring (bicyclic) bond motifs is 3. The summed E-state index contributed by atoms with van der Waals surface area (Å²) in [5, 5.41) is 1.09. The summed E-state index contributed by atoms with van der Waals surface area (Å²) in [5.41, 5.74) is 1.70. The van der Waals surface area contributed by atoms with Gasteiger partial charge >= 0.3 is 5.63 Å². The zero-order valence-electron chi connectivity index (χ0n) is 7.45. The highest BCUT2D eigenvalue weighted by atomic mass is 32.2. The Morgan fingerprint density at radius 3 is 3.07 bits per heavy atom. The SMILES string of the molecule is O=c1oc2ccccc2c2c1SCC2. The highest BCUT2D eigenvalue weighted by Gasteiger charge is 2.19. The van der Waals surface area contributed by atoms with Crippen LogP contribution in [0.25, 0.3) is 11.0 Å². The van der Waals surface area contributed by atoms with E-state index < -0.39 is 0 Å². The second-order valence-corrected chi connectivity index (χ2v) is 4.40. The second kappa shape index (κ2) is 2.89. The van der Waals surface area contributed by atoms with E-state index in [1.54, 1.807) is 11.8 Å². The van der Waals surface area contributed by atoms with Crippen LogP contribution in [0.1, 0.15) is 5.56 Å². The maximum Gasteiger partial charge on any atom is 0.350 e. The molecule has 1 aromatic carbocycles. The summed E-state index contributed by atoms with van der Waals surface area (Å²) in [6.07, 6.45) is 0.978. The van der Waals surface area contributed by atoms with Gasteiger partial charge in [-0.15, -0.1) is 11.8 Å². The molecule has 0 radical (unpaired) electrons. The first kappa shape index (κ1) is 8.12. The Bertz CT molecular complexity index is 557. The van der Waals surface area contributed by atoms with Crippen LogP contribution in [0.4, 0.5) is 0 Å². The summed E-state index contributed by atoms with van der Waals surface area (Å²) in [5.74, 6) is 0.994. The first-order chi connectivity index (χ1) is 6.86. The van der Waals surface area contributed by atoms with Gasteiger partial charge in [0.1, 0.15) is 5.58 Å². The fourth-order valence-corrected chi connectivity index (χ4v) is 2.90. The molecule has 1 aliphatic rings. The number of aryl methyl sites for hydroxylation is 1. The number of rotatable bonds is 0. The highest BCUT2D eigenvalue weighted by Crippen LogP contribution is 2.33. The van der Waals surface area contributed by atoms with Crippen molar-refractivity contribution in [3.63, 3.8) is 0 Å². The molecule has 0 unspecified atom stereocenters. The Morgan fingerprint density at radius 2 is 2.14 bits per heavy atom. The third kappa shape index (κ3) is 1.02. The molecule has 0 atom stereocenters. The van der Waals surface area contributed by atoms with Crippen LogP contribution < -0.4 is 5.63 Å². The summed E-state index contributed by atoms with van der Waals surface area (Å²) in [6.45, 7) is 0. The molecule has 0 spiro atoms. The molecule has 0 bridgehead atoms. The smallest absolute Gasteiger partial charge is 0.350 e. The van der Waals surface area contributed by atoms with Crippen molar-refractivity contribution in [3.8, 4) is 0 Å². The average molecular weight is 204 g/mol. The van der Waals surface area contributed by atoms with Crippen LogP contribution in [0.2, 0.25) is 0 Å². The van der Waals surface area contributed by atoms with E-state index in [0.717, 1.165) is 22.5 Å². The van der Waals surface area contributed by atoms with Crippen LogP contribution >= 0.6 is 11.8 Å².